The Morgan fingerprint density at radius 3 is 2.43 bits per heavy atom. The van der Waals surface area contributed by atoms with E-state index in [1.165, 1.54) is 16.8 Å². The maximum atomic E-state index is 13.3. The van der Waals surface area contributed by atoms with Crippen LogP contribution in [0.1, 0.15) is 34.1 Å². The van der Waals surface area contributed by atoms with Gasteiger partial charge in [0.2, 0.25) is 5.95 Å². The molecule has 0 bridgehead atoms. The first-order chi connectivity index (χ1) is 13.2. The van der Waals surface area contributed by atoms with Crippen molar-refractivity contribution in [3.05, 3.63) is 82.4 Å². The van der Waals surface area contributed by atoms with Crippen molar-refractivity contribution in [2.24, 2.45) is 0 Å². The number of aromatic nitrogens is 3. The number of nitrogens with one attached hydrogen (secondary N) is 1. The van der Waals surface area contributed by atoms with E-state index in [1.54, 1.807) is 18.2 Å². The van der Waals surface area contributed by atoms with Gasteiger partial charge in [-0.25, -0.2) is 9.07 Å². The van der Waals surface area contributed by atoms with Gasteiger partial charge in [-0.2, -0.15) is 18.2 Å². The summed E-state index contributed by atoms with van der Waals surface area (Å²) in [6, 6.07) is 10.9. The third-order valence-electron chi connectivity index (χ3n) is 4.63. The molecule has 8 heteroatoms. The Hall–Kier alpha value is -3.16. The molecule has 4 nitrogen and oxygen atoms in total. The maximum absolute atomic E-state index is 13.3. The third kappa shape index (κ3) is 3.26. The molecule has 2 heterocycles. The molecule has 0 aliphatic carbocycles. The number of benzene rings is 2. The monoisotopic (exact) mass is 388 g/mol. The van der Waals surface area contributed by atoms with Crippen molar-refractivity contribution in [1.29, 1.82) is 0 Å². The Bertz CT molecular complexity index is 1060. The molecule has 0 radical (unpaired) electrons. The molecule has 1 aromatic heterocycles. The summed E-state index contributed by atoms with van der Waals surface area (Å²) in [5, 5.41) is 6.59. The van der Waals surface area contributed by atoms with E-state index in [1.807, 2.05) is 32.0 Å². The third-order valence-corrected chi connectivity index (χ3v) is 4.63. The van der Waals surface area contributed by atoms with Gasteiger partial charge in [0.05, 0.1) is 0 Å². The minimum atomic E-state index is -4.66. The molecule has 0 unspecified atom stereocenters. The van der Waals surface area contributed by atoms with Crippen molar-refractivity contribution in [3.63, 3.8) is 0 Å². The molecular formula is C20H16F4N4. The van der Waals surface area contributed by atoms with E-state index in [9.17, 15) is 17.6 Å². The van der Waals surface area contributed by atoms with Crippen LogP contribution in [0.4, 0.5) is 23.5 Å². The van der Waals surface area contributed by atoms with E-state index in [0.29, 0.717) is 11.3 Å². The lowest BCUT2D eigenvalue weighted by Gasteiger charge is -2.25. The van der Waals surface area contributed by atoms with Crippen LogP contribution < -0.4 is 5.32 Å². The van der Waals surface area contributed by atoms with Crippen molar-refractivity contribution in [1.82, 2.24) is 14.8 Å². The van der Waals surface area contributed by atoms with Crippen LogP contribution in [0.3, 0.4) is 0 Å². The summed E-state index contributed by atoms with van der Waals surface area (Å²) in [6.45, 7) is 3.81. The first-order valence-electron chi connectivity index (χ1n) is 8.58. The van der Waals surface area contributed by atoms with Gasteiger partial charge in [0, 0.05) is 5.70 Å². The molecule has 1 aliphatic heterocycles. The second-order valence-electron chi connectivity index (χ2n) is 6.72. The zero-order chi connectivity index (χ0) is 20.1. The lowest BCUT2D eigenvalue weighted by atomic mass is 9.96. The number of hydrogen-bond acceptors (Lipinski definition) is 3. The van der Waals surface area contributed by atoms with Crippen molar-refractivity contribution >= 4 is 11.6 Å². The van der Waals surface area contributed by atoms with E-state index in [-0.39, 0.29) is 5.95 Å². The highest BCUT2D eigenvalue weighted by molar-refractivity contribution is 5.77. The minimum absolute atomic E-state index is 0.0138. The van der Waals surface area contributed by atoms with E-state index in [2.05, 4.69) is 15.4 Å². The SMILES string of the molecule is Cc1ccc(C)c([C@@H]2C=C(c3ccc(F)cc3)Nc3nc(C(F)(F)F)nn32)c1. The number of aryl methyl sites for hydroxylation is 2. The predicted molar refractivity (Wildman–Crippen MR) is 97.1 cm³/mol. The Kier molecular flexibility index (Phi) is 4.21. The molecule has 0 saturated carbocycles. The molecule has 3 aromatic rings. The highest BCUT2D eigenvalue weighted by Crippen LogP contribution is 2.36. The van der Waals surface area contributed by atoms with Crippen LogP contribution in [0, 0.1) is 19.7 Å². The van der Waals surface area contributed by atoms with Crippen molar-refractivity contribution < 1.29 is 17.6 Å². The van der Waals surface area contributed by atoms with Gasteiger partial charge in [0.15, 0.2) is 0 Å². The fourth-order valence-corrected chi connectivity index (χ4v) is 3.21. The smallest absolute Gasteiger partial charge is 0.324 e. The molecule has 0 spiro atoms. The topological polar surface area (TPSA) is 42.7 Å². The summed E-state index contributed by atoms with van der Waals surface area (Å²) in [6.07, 6.45) is -2.88. The number of allylic oxidation sites excluding steroid dienone is 1. The summed E-state index contributed by atoms with van der Waals surface area (Å²) in [7, 11) is 0. The van der Waals surface area contributed by atoms with Crippen LogP contribution in [0.5, 0.6) is 0 Å². The van der Waals surface area contributed by atoms with Gasteiger partial charge in [0.25, 0.3) is 5.82 Å². The quantitative estimate of drug-likeness (QED) is 0.621. The first kappa shape index (κ1) is 18.2. The van der Waals surface area contributed by atoms with Gasteiger partial charge in [-0.1, -0.05) is 23.8 Å². The van der Waals surface area contributed by atoms with E-state index in [0.717, 1.165) is 16.7 Å². The lowest BCUT2D eigenvalue weighted by molar-refractivity contribution is -0.145. The van der Waals surface area contributed by atoms with Crippen LogP contribution in [0.2, 0.25) is 0 Å². The van der Waals surface area contributed by atoms with Crippen LogP contribution in [0.15, 0.2) is 48.5 Å². The van der Waals surface area contributed by atoms with Gasteiger partial charge in [-0.3, -0.25) is 0 Å². The van der Waals surface area contributed by atoms with E-state index >= 15 is 0 Å². The molecule has 0 fully saturated rings. The van der Waals surface area contributed by atoms with Crippen molar-refractivity contribution in [2.45, 2.75) is 26.1 Å². The second kappa shape index (κ2) is 6.47. The van der Waals surface area contributed by atoms with Gasteiger partial charge in [-0.05, 0) is 60.9 Å². The zero-order valence-electron chi connectivity index (χ0n) is 15.0. The van der Waals surface area contributed by atoms with Gasteiger partial charge in [0.1, 0.15) is 11.9 Å². The summed E-state index contributed by atoms with van der Waals surface area (Å²) in [5.41, 5.74) is 3.90. The summed E-state index contributed by atoms with van der Waals surface area (Å²) in [5.74, 6) is -1.62. The Morgan fingerprint density at radius 1 is 1.04 bits per heavy atom. The number of rotatable bonds is 2. The maximum Gasteiger partial charge on any atom is 0.453 e. The molecule has 144 valence electrons. The molecule has 28 heavy (non-hydrogen) atoms. The average Bonchev–Trinajstić information content (AvgIpc) is 3.08. The zero-order valence-corrected chi connectivity index (χ0v) is 15.0. The van der Waals surface area contributed by atoms with Crippen LogP contribution >= 0.6 is 0 Å². The van der Waals surface area contributed by atoms with Gasteiger partial charge >= 0.3 is 6.18 Å². The largest absolute Gasteiger partial charge is 0.453 e. The Balaban J connectivity index is 1.88. The van der Waals surface area contributed by atoms with Crippen LogP contribution in [-0.2, 0) is 6.18 Å². The van der Waals surface area contributed by atoms with Crippen LogP contribution in [0.25, 0.3) is 5.70 Å². The summed E-state index contributed by atoms with van der Waals surface area (Å²) >= 11 is 0. The number of alkyl halides is 3. The van der Waals surface area contributed by atoms with Crippen molar-refractivity contribution in [3.8, 4) is 0 Å². The number of halogens is 4. The lowest BCUT2D eigenvalue weighted by Crippen LogP contribution is -2.21. The number of nitrogens with zero attached hydrogens (tertiary/aromatic N) is 3. The fourth-order valence-electron chi connectivity index (χ4n) is 3.21. The Labute approximate surface area is 158 Å². The summed E-state index contributed by atoms with van der Waals surface area (Å²) < 4.78 is 54.1. The molecule has 1 N–H and O–H groups in total. The molecule has 4 rings (SSSR count). The van der Waals surface area contributed by atoms with Gasteiger partial charge < -0.3 is 5.32 Å². The molecular weight excluding hydrogens is 372 g/mol. The highest BCUT2D eigenvalue weighted by atomic mass is 19.4. The number of hydrogen-bond donors (Lipinski definition) is 1. The van der Waals surface area contributed by atoms with Gasteiger partial charge in [-0.15, -0.1) is 5.10 Å². The summed E-state index contributed by atoms with van der Waals surface area (Å²) in [4.78, 5) is 3.64. The standard InChI is InChI=1S/C20H16F4N4/c1-11-3-4-12(2)15(9-11)17-10-16(13-5-7-14(21)8-6-13)25-19-26-18(20(22,23)24)27-28(17)19/h3-10,17H,1-2H3,(H,25,26,27)/t17-/m0/s1. The fraction of sp³-hybridized carbons (Fsp3) is 0.200. The average molecular weight is 388 g/mol. The highest BCUT2D eigenvalue weighted by Gasteiger charge is 2.39. The second-order valence-corrected chi connectivity index (χ2v) is 6.72. The van der Waals surface area contributed by atoms with Crippen molar-refractivity contribution in [2.75, 3.05) is 5.32 Å². The normalized spacial score (nSPS) is 16.4. The molecule has 1 aliphatic rings. The molecule has 0 amide bonds. The molecule has 1 atom stereocenters. The Morgan fingerprint density at radius 2 is 1.75 bits per heavy atom. The number of anilines is 1. The van der Waals surface area contributed by atoms with Crippen LogP contribution in [-0.4, -0.2) is 14.8 Å². The first-order valence-corrected chi connectivity index (χ1v) is 8.58. The minimum Gasteiger partial charge on any atom is -0.324 e. The molecule has 2 aromatic carbocycles. The van der Waals surface area contributed by atoms with E-state index < -0.39 is 23.9 Å². The molecule has 0 saturated heterocycles. The van der Waals surface area contributed by atoms with E-state index in [4.69, 9.17) is 0 Å². The predicted octanol–water partition coefficient (Wildman–Crippen LogP) is 5.11. The number of fused-ring (bicyclic) bond motifs is 1.